The lowest BCUT2D eigenvalue weighted by Crippen LogP contribution is -2.24. The summed E-state index contributed by atoms with van der Waals surface area (Å²) in [5.74, 6) is -0.337. The molecule has 0 spiro atoms. The lowest BCUT2D eigenvalue weighted by Gasteiger charge is -2.21. The standard InChI is InChI=1S/C11H14ClNO2.ClH/c1-2-13(8-7-12)10-5-3-9(4-6-10)11(14)15;/h3-6H,2,7-8H2,1H3,(H,14,15);1H. The largest absolute Gasteiger partial charge is 0.478 e. The van der Waals surface area contributed by atoms with Crippen molar-refractivity contribution in [3.05, 3.63) is 29.8 Å². The summed E-state index contributed by atoms with van der Waals surface area (Å²) in [5, 5.41) is 8.74. The molecule has 5 heteroatoms. The molecule has 0 radical (unpaired) electrons. The van der Waals surface area contributed by atoms with Crippen LogP contribution in [0.5, 0.6) is 0 Å². The van der Waals surface area contributed by atoms with Crippen LogP contribution in [-0.4, -0.2) is 30.0 Å². The molecule has 3 nitrogen and oxygen atoms in total. The molecule has 0 heterocycles. The maximum Gasteiger partial charge on any atom is 0.335 e. The van der Waals surface area contributed by atoms with Gasteiger partial charge in [-0.3, -0.25) is 0 Å². The average molecular weight is 264 g/mol. The number of carboxylic acids is 1. The second-order valence-corrected chi connectivity index (χ2v) is 3.50. The predicted molar refractivity (Wildman–Crippen MR) is 69.3 cm³/mol. The third-order valence-electron chi connectivity index (χ3n) is 2.22. The minimum Gasteiger partial charge on any atom is -0.478 e. The Hall–Kier alpha value is -0.930. The van der Waals surface area contributed by atoms with Crippen LogP contribution >= 0.6 is 24.0 Å². The molecule has 0 bridgehead atoms. The van der Waals surface area contributed by atoms with Gasteiger partial charge in [-0.05, 0) is 31.2 Å². The number of nitrogens with zero attached hydrogens (tertiary/aromatic N) is 1. The van der Waals surface area contributed by atoms with E-state index >= 15 is 0 Å². The molecule has 1 N–H and O–H groups in total. The highest BCUT2D eigenvalue weighted by Crippen LogP contribution is 2.15. The summed E-state index contributed by atoms with van der Waals surface area (Å²) in [7, 11) is 0. The van der Waals surface area contributed by atoms with Crippen LogP contribution in [0.3, 0.4) is 0 Å². The fourth-order valence-corrected chi connectivity index (χ4v) is 1.59. The molecule has 1 aromatic rings. The summed E-state index contributed by atoms with van der Waals surface area (Å²) in [6.45, 7) is 3.67. The van der Waals surface area contributed by atoms with Crippen LogP contribution in [0.4, 0.5) is 5.69 Å². The Kier molecular flexibility index (Phi) is 6.93. The summed E-state index contributed by atoms with van der Waals surface area (Å²) in [6, 6.07) is 6.82. The number of rotatable bonds is 5. The van der Waals surface area contributed by atoms with Gasteiger partial charge in [-0.15, -0.1) is 24.0 Å². The maximum absolute atomic E-state index is 10.6. The molecule has 0 aromatic heterocycles. The Morgan fingerprint density at radius 3 is 2.31 bits per heavy atom. The molecular weight excluding hydrogens is 249 g/mol. The number of anilines is 1. The zero-order valence-corrected chi connectivity index (χ0v) is 10.6. The minimum atomic E-state index is -0.901. The van der Waals surface area contributed by atoms with E-state index in [0.29, 0.717) is 11.4 Å². The number of hydrogen-bond acceptors (Lipinski definition) is 2. The topological polar surface area (TPSA) is 40.5 Å². The molecule has 0 fully saturated rings. The van der Waals surface area contributed by atoms with Gasteiger partial charge in [0.05, 0.1) is 5.56 Å². The molecule has 0 amide bonds. The molecule has 0 aliphatic rings. The van der Waals surface area contributed by atoms with E-state index in [4.69, 9.17) is 16.7 Å². The molecule has 0 aliphatic heterocycles. The van der Waals surface area contributed by atoms with E-state index in [2.05, 4.69) is 4.90 Å². The molecule has 0 saturated heterocycles. The van der Waals surface area contributed by atoms with Crippen molar-refractivity contribution in [2.24, 2.45) is 0 Å². The van der Waals surface area contributed by atoms with Gasteiger partial charge in [0.15, 0.2) is 0 Å². The highest BCUT2D eigenvalue weighted by molar-refractivity contribution is 6.18. The number of aromatic carboxylic acids is 1. The Morgan fingerprint density at radius 2 is 1.94 bits per heavy atom. The van der Waals surface area contributed by atoms with Crippen LogP contribution in [0.1, 0.15) is 17.3 Å². The first-order valence-electron chi connectivity index (χ1n) is 4.83. The van der Waals surface area contributed by atoms with Crippen LogP contribution in [-0.2, 0) is 0 Å². The third-order valence-corrected chi connectivity index (χ3v) is 2.38. The second-order valence-electron chi connectivity index (χ2n) is 3.12. The van der Waals surface area contributed by atoms with E-state index < -0.39 is 5.97 Å². The maximum atomic E-state index is 10.6. The summed E-state index contributed by atoms with van der Waals surface area (Å²) in [5.41, 5.74) is 1.31. The zero-order chi connectivity index (χ0) is 11.3. The van der Waals surface area contributed by atoms with Crippen molar-refractivity contribution < 1.29 is 9.90 Å². The van der Waals surface area contributed by atoms with E-state index in [-0.39, 0.29) is 12.4 Å². The van der Waals surface area contributed by atoms with E-state index in [0.717, 1.165) is 18.8 Å². The molecule has 0 unspecified atom stereocenters. The number of hydrogen-bond donors (Lipinski definition) is 1. The molecule has 0 saturated carbocycles. The Labute approximate surface area is 106 Å². The van der Waals surface area contributed by atoms with Crippen molar-refractivity contribution in [1.29, 1.82) is 0 Å². The van der Waals surface area contributed by atoms with Crippen molar-refractivity contribution >= 4 is 35.7 Å². The monoisotopic (exact) mass is 263 g/mol. The van der Waals surface area contributed by atoms with Gasteiger partial charge >= 0.3 is 5.97 Å². The Bertz CT molecular complexity index is 327. The SMILES string of the molecule is CCN(CCCl)c1ccc(C(=O)O)cc1.Cl. The number of alkyl halides is 1. The molecule has 1 rings (SSSR count). The quantitative estimate of drug-likeness (QED) is 0.831. The second kappa shape index (κ2) is 7.36. The molecular formula is C11H15Cl2NO2. The number of benzene rings is 1. The van der Waals surface area contributed by atoms with E-state index in [1.54, 1.807) is 24.3 Å². The van der Waals surface area contributed by atoms with Gasteiger partial charge in [-0.25, -0.2) is 4.79 Å². The van der Waals surface area contributed by atoms with Gasteiger partial charge < -0.3 is 10.0 Å². The summed E-state index contributed by atoms with van der Waals surface area (Å²) in [4.78, 5) is 12.7. The lowest BCUT2D eigenvalue weighted by molar-refractivity contribution is 0.0697. The van der Waals surface area contributed by atoms with Crippen LogP contribution in [0.15, 0.2) is 24.3 Å². The summed E-state index contributed by atoms with van der Waals surface area (Å²) >= 11 is 5.67. The van der Waals surface area contributed by atoms with E-state index in [9.17, 15) is 4.79 Å². The van der Waals surface area contributed by atoms with Crippen LogP contribution < -0.4 is 4.90 Å². The first kappa shape index (κ1) is 15.1. The Morgan fingerprint density at radius 1 is 1.38 bits per heavy atom. The number of halogens is 2. The fourth-order valence-electron chi connectivity index (χ4n) is 1.39. The van der Waals surface area contributed by atoms with E-state index in [1.807, 2.05) is 6.92 Å². The average Bonchev–Trinajstić information content (AvgIpc) is 2.26. The first-order chi connectivity index (χ1) is 7.19. The number of carbonyl (C=O) groups is 1. The van der Waals surface area contributed by atoms with Crippen molar-refractivity contribution in [2.75, 3.05) is 23.9 Å². The van der Waals surface area contributed by atoms with Gasteiger partial charge in [-0.2, -0.15) is 0 Å². The van der Waals surface area contributed by atoms with Crippen LogP contribution in [0.2, 0.25) is 0 Å². The van der Waals surface area contributed by atoms with Crippen molar-refractivity contribution in [1.82, 2.24) is 0 Å². The molecule has 0 aliphatic carbocycles. The van der Waals surface area contributed by atoms with Gasteiger partial charge in [0.25, 0.3) is 0 Å². The van der Waals surface area contributed by atoms with Gasteiger partial charge in [-0.1, -0.05) is 0 Å². The fraction of sp³-hybridized carbons (Fsp3) is 0.364. The van der Waals surface area contributed by atoms with Crippen molar-refractivity contribution in [3.63, 3.8) is 0 Å². The summed E-state index contributed by atoms with van der Waals surface area (Å²) in [6.07, 6.45) is 0. The van der Waals surface area contributed by atoms with Crippen molar-refractivity contribution in [2.45, 2.75) is 6.92 Å². The number of carboxylic acid groups (broad SMARTS) is 1. The van der Waals surface area contributed by atoms with E-state index in [1.165, 1.54) is 0 Å². The minimum absolute atomic E-state index is 0. The van der Waals surface area contributed by atoms with Gasteiger partial charge in [0.1, 0.15) is 0 Å². The molecule has 1 aromatic carbocycles. The zero-order valence-electron chi connectivity index (χ0n) is 9.02. The molecule has 16 heavy (non-hydrogen) atoms. The first-order valence-corrected chi connectivity index (χ1v) is 5.36. The van der Waals surface area contributed by atoms with Crippen molar-refractivity contribution in [3.8, 4) is 0 Å². The van der Waals surface area contributed by atoms with Gasteiger partial charge in [0, 0.05) is 24.7 Å². The molecule has 0 atom stereocenters. The highest BCUT2D eigenvalue weighted by atomic mass is 35.5. The third kappa shape index (κ3) is 3.91. The molecule has 90 valence electrons. The normalized spacial score (nSPS) is 9.38. The van der Waals surface area contributed by atoms with Crippen LogP contribution in [0.25, 0.3) is 0 Å². The Balaban J connectivity index is 0.00000225. The smallest absolute Gasteiger partial charge is 0.335 e. The lowest BCUT2D eigenvalue weighted by atomic mass is 10.2. The highest BCUT2D eigenvalue weighted by Gasteiger charge is 2.05. The van der Waals surface area contributed by atoms with Crippen LogP contribution in [0, 0.1) is 0 Å². The summed E-state index contributed by atoms with van der Waals surface area (Å²) < 4.78 is 0. The predicted octanol–water partition coefficient (Wildman–Crippen LogP) is 2.87. The van der Waals surface area contributed by atoms with Gasteiger partial charge in [0.2, 0.25) is 0 Å².